The Morgan fingerprint density at radius 3 is 2.69 bits per heavy atom. The molecule has 8 heteroatoms. The lowest BCUT2D eigenvalue weighted by atomic mass is 9.94. The van der Waals surface area contributed by atoms with E-state index in [1.54, 1.807) is 55.5 Å². The van der Waals surface area contributed by atoms with Crippen molar-refractivity contribution in [3.63, 3.8) is 0 Å². The molecule has 0 aliphatic carbocycles. The summed E-state index contributed by atoms with van der Waals surface area (Å²) < 4.78 is 11.1. The third-order valence-electron chi connectivity index (χ3n) is 6.44. The lowest BCUT2D eigenvalue weighted by Crippen LogP contribution is -2.29. The molecule has 1 saturated heterocycles. The number of Topliss-reactive ketones (excluding diaryl/α,β-unsaturated/α-hetero) is 1. The number of aliphatic hydroxyl groups is 1. The Morgan fingerprint density at radius 2 is 1.94 bits per heavy atom. The van der Waals surface area contributed by atoms with Gasteiger partial charge in [0.05, 0.1) is 24.8 Å². The largest absolute Gasteiger partial charge is 0.507 e. The number of aliphatic hydroxyl groups excluding tert-OH is 1. The maximum atomic E-state index is 13.4. The van der Waals surface area contributed by atoms with Crippen LogP contribution in [0.3, 0.4) is 0 Å². The quantitative estimate of drug-likeness (QED) is 0.277. The fourth-order valence-electron chi connectivity index (χ4n) is 4.61. The van der Waals surface area contributed by atoms with Crippen molar-refractivity contribution in [1.29, 1.82) is 0 Å². The lowest BCUT2D eigenvalue weighted by molar-refractivity contribution is -0.132. The van der Waals surface area contributed by atoms with E-state index in [4.69, 9.17) is 21.1 Å². The fourth-order valence-corrected chi connectivity index (χ4v) is 4.78. The Bertz CT molecular complexity index is 1430. The number of carbonyl (C=O) groups is 2. The van der Waals surface area contributed by atoms with E-state index in [2.05, 4.69) is 0 Å². The molecule has 2 heterocycles. The van der Waals surface area contributed by atoms with Crippen molar-refractivity contribution in [3.05, 3.63) is 87.4 Å². The van der Waals surface area contributed by atoms with Gasteiger partial charge in [0.15, 0.2) is 11.5 Å². The molecular formula is C28H24ClNO6. The van der Waals surface area contributed by atoms with Gasteiger partial charge in [-0.25, -0.2) is 0 Å². The number of fused-ring (bicyclic) bond motifs is 1. The first-order valence-electron chi connectivity index (χ1n) is 11.6. The van der Waals surface area contributed by atoms with Crippen LogP contribution in [-0.4, -0.2) is 35.1 Å². The molecule has 7 nitrogen and oxygen atoms in total. The lowest BCUT2D eigenvalue weighted by Gasteiger charge is -2.26. The number of amides is 1. The molecule has 2 N–H and O–H groups in total. The Morgan fingerprint density at radius 1 is 1.14 bits per heavy atom. The van der Waals surface area contributed by atoms with Crippen LogP contribution in [0.15, 0.2) is 60.2 Å². The first-order valence-corrected chi connectivity index (χ1v) is 12.0. The number of aryl methyl sites for hydroxylation is 1. The zero-order valence-electron chi connectivity index (χ0n) is 19.7. The van der Waals surface area contributed by atoms with E-state index in [0.29, 0.717) is 41.5 Å². The average Bonchev–Trinajstić information content (AvgIpc) is 3.44. The van der Waals surface area contributed by atoms with Crippen molar-refractivity contribution in [3.8, 4) is 17.2 Å². The number of hydrogen-bond acceptors (Lipinski definition) is 6. The van der Waals surface area contributed by atoms with E-state index in [9.17, 15) is 19.8 Å². The number of ether oxygens (including phenoxy) is 2. The van der Waals surface area contributed by atoms with Crippen LogP contribution in [0.5, 0.6) is 17.2 Å². The highest BCUT2D eigenvalue weighted by molar-refractivity contribution is 6.51. The fraction of sp³-hybridized carbons (Fsp3) is 0.214. The molecule has 0 aromatic heterocycles. The second-order valence-electron chi connectivity index (χ2n) is 8.68. The van der Waals surface area contributed by atoms with E-state index in [-0.39, 0.29) is 22.8 Å². The second-order valence-corrected chi connectivity index (χ2v) is 9.09. The highest BCUT2D eigenvalue weighted by Gasteiger charge is 2.47. The Balaban J connectivity index is 1.72. The van der Waals surface area contributed by atoms with Crippen molar-refractivity contribution in [2.45, 2.75) is 26.3 Å². The minimum atomic E-state index is -0.979. The van der Waals surface area contributed by atoms with Gasteiger partial charge in [-0.2, -0.15) is 0 Å². The third-order valence-corrected chi connectivity index (χ3v) is 6.85. The van der Waals surface area contributed by atoms with Crippen LogP contribution in [0, 0.1) is 6.92 Å². The van der Waals surface area contributed by atoms with Crippen molar-refractivity contribution < 1.29 is 29.3 Å². The molecule has 3 aromatic carbocycles. The molecule has 0 spiro atoms. The number of ketones is 1. The zero-order valence-corrected chi connectivity index (χ0v) is 20.5. The van der Waals surface area contributed by atoms with Gasteiger partial charge in [-0.15, -0.1) is 0 Å². The molecule has 2 aliphatic rings. The van der Waals surface area contributed by atoms with Gasteiger partial charge in [0, 0.05) is 22.7 Å². The summed E-state index contributed by atoms with van der Waals surface area (Å²) in [7, 11) is 0. The molecule has 1 atom stereocenters. The van der Waals surface area contributed by atoms with Gasteiger partial charge in [0.25, 0.3) is 11.7 Å². The molecule has 1 amide bonds. The van der Waals surface area contributed by atoms with Gasteiger partial charge >= 0.3 is 0 Å². The van der Waals surface area contributed by atoms with Gasteiger partial charge in [-0.05, 0) is 73.0 Å². The van der Waals surface area contributed by atoms with Crippen LogP contribution >= 0.6 is 11.6 Å². The van der Waals surface area contributed by atoms with Crippen molar-refractivity contribution in [1.82, 2.24) is 0 Å². The number of aromatic hydroxyl groups is 1. The van der Waals surface area contributed by atoms with E-state index in [0.717, 1.165) is 16.9 Å². The third kappa shape index (κ3) is 3.95. The highest BCUT2D eigenvalue weighted by atomic mass is 35.5. The zero-order chi connectivity index (χ0) is 25.6. The van der Waals surface area contributed by atoms with Gasteiger partial charge in [0.2, 0.25) is 0 Å². The summed E-state index contributed by atoms with van der Waals surface area (Å²) in [5.41, 5.74) is 2.97. The number of phenols is 1. The number of hydrogen-bond donors (Lipinski definition) is 2. The van der Waals surface area contributed by atoms with E-state index >= 15 is 0 Å². The molecule has 0 bridgehead atoms. The maximum Gasteiger partial charge on any atom is 0.300 e. The van der Waals surface area contributed by atoms with Crippen LogP contribution < -0.4 is 14.4 Å². The predicted octanol–water partition coefficient (Wildman–Crippen LogP) is 5.31. The Kier molecular flexibility index (Phi) is 6.10. The normalized spacial score (nSPS) is 18.3. The summed E-state index contributed by atoms with van der Waals surface area (Å²) in [6, 6.07) is 13.9. The van der Waals surface area contributed by atoms with Crippen molar-refractivity contribution in [2.24, 2.45) is 0 Å². The molecule has 5 rings (SSSR count). The topological polar surface area (TPSA) is 96.3 Å². The van der Waals surface area contributed by atoms with Crippen LogP contribution in [0.4, 0.5) is 5.69 Å². The van der Waals surface area contributed by atoms with Gasteiger partial charge in [0.1, 0.15) is 11.5 Å². The predicted molar refractivity (Wildman–Crippen MR) is 136 cm³/mol. The first kappa shape index (κ1) is 23.8. The maximum absolute atomic E-state index is 13.4. The average molecular weight is 506 g/mol. The highest BCUT2D eigenvalue weighted by Crippen LogP contribution is 2.45. The smallest absolute Gasteiger partial charge is 0.300 e. The van der Waals surface area contributed by atoms with E-state index < -0.39 is 17.7 Å². The van der Waals surface area contributed by atoms with Crippen LogP contribution in [-0.2, 0) is 16.0 Å². The number of nitrogens with zero attached hydrogens (tertiary/aromatic N) is 1. The minimum Gasteiger partial charge on any atom is -0.507 e. The van der Waals surface area contributed by atoms with E-state index in [1.165, 1.54) is 11.0 Å². The number of rotatable bonds is 5. The number of phenolic OH excluding ortho intramolecular Hbond substituents is 1. The van der Waals surface area contributed by atoms with E-state index in [1.807, 2.05) is 6.92 Å². The van der Waals surface area contributed by atoms with Crippen LogP contribution in [0.1, 0.15) is 35.2 Å². The summed E-state index contributed by atoms with van der Waals surface area (Å²) in [6.07, 6.45) is 0.686. The Labute approximate surface area is 213 Å². The summed E-state index contributed by atoms with van der Waals surface area (Å²) in [5.74, 6) is -1.04. The van der Waals surface area contributed by atoms with Crippen molar-refractivity contribution >= 4 is 34.7 Å². The molecule has 2 aliphatic heterocycles. The summed E-state index contributed by atoms with van der Waals surface area (Å²) in [4.78, 5) is 28.1. The molecule has 36 heavy (non-hydrogen) atoms. The summed E-state index contributed by atoms with van der Waals surface area (Å²) in [5, 5.41) is 22.1. The van der Waals surface area contributed by atoms with Crippen molar-refractivity contribution in [2.75, 3.05) is 18.1 Å². The number of anilines is 1. The van der Waals surface area contributed by atoms with Gasteiger partial charge in [-0.1, -0.05) is 23.7 Å². The standard InChI is InChI=1S/C28H24ClNO6/c1-3-35-23-13-17(5-8-21(23)31)25-24(26(32)18-6-9-22-16(12-18)10-11-36-22)27(33)28(34)30(25)19-7-4-15(2)20(29)14-19/h4-9,12-14,25,31-32H,3,10-11H2,1-2H3/b26-24+. The first-order chi connectivity index (χ1) is 17.3. The minimum absolute atomic E-state index is 0.0660. The molecule has 0 saturated carbocycles. The van der Waals surface area contributed by atoms with Gasteiger partial charge in [-0.3, -0.25) is 14.5 Å². The molecule has 1 unspecified atom stereocenters. The SMILES string of the molecule is CCOc1cc(C2/C(=C(\O)c3ccc4c(c3)CCO4)C(=O)C(=O)N2c2ccc(C)c(Cl)c2)ccc1O. The molecule has 1 fully saturated rings. The molecule has 3 aromatic rings. The number of halogens is 1. The van der Waals surface area contributed by atoms with Crippen LogP contribution in [0.25, 0.3) is 5.76 Å². The monoisotopic (exact) mass is 505 g/mol. The molecular weight excluding hydrogens is 482 g/mol. The number of carbonyl (C=O) groups excluding carboxylic acids is 2. The van der Waals surface area contributed by atoms with Crippen LogP contribution in [0.2, 0.25) is 5.02 Å². The summed E-state index contributed by atoms with van der Waals surface area (Å²) >= 11 is 6.36. The molecule has 184 valence electrons. The van der Waals surface area contributed by atoms with Gasteiger partial charge < -0.3 is 19.7 Å². The molecule has 0 radical (unpaired) electrons. The number of benzene rings is 3. The summed E-state index contributed by atoms with van der Waals surface area (Å²) in [6.45, 7) is 4.47. The second kappa shape index (κ2) is 9.24. The Hall–Kier alpha value is -3.97.